The van der Waals surface area contributed by atoms with Crippen LogP contribution in [0.15, 0.2) is 36.4 Å². The van der Waals surface area contributed by atoms with E-state index in [2.05, 4.69) is 5.32 Å². The van der Waals surface area contributed by atoms with Gasteiger partial charge in [0.2, 0.25) is 0 Å². The molecule has 0 unspecified atom stereocenters. The molecule has 2 aromatic carbocycles. The number of methoxy groups -OCH3 is 2. The molecule has 0 spiro atoms. The first-order chi connectivity index (χ1) is 10.6. The average molecular weight is 303 g/mol. The summed E-state index contributed by atoms with van der Waals surface area (Å²) in [4.78, 5) is 12.4. The van der Waals surface area contributed by atoms with Gasteiger partial charge in [-0.2, -0.15) is 0 Å². The quantitative estimate of drug-likeness (QED) is 0.917. The minimum atomic E-state index is -0.402. The summed E-state index contributed by atoms with van der Waals surface area (Å²) in [6.07, 6.45) is 0.659. The molecule has 2 rings (SSSR count). The van der Waals surface area contributed by atoms with Crippen LogP contribution in [0.1, 0.15) is 22.8 Å². The highest BCUT2D eigenvalue weighted by Gasteiger charge is 2.16. The van der Waals surface area contributed by atoms with Crippen LogP contribution in [0.4, 0.5) is 10.1 Å². The maximum absolute atomic E-state index is 13.2. The normalized spacial score (nSPS) is 10.2. The van der Waals surface area contributed by atoms with Gasteiger partial charge in [0.15, 0.2) is 11.5 Å². The van der Waals surface area contributed by atoms with Crippen LogP contribution in [0.5, 0.6) is 11.5 Å². The molecule has 1 amide bonds. The van der Waals surface area contributed by atoms with Crippen molar-refractivity contribution in [3.05, 3.63) is 53.3 Å². The minimum Gasteiger partial charge on any atom is -0.493 e. The number of carbonyl (C=O) groups excluding carboxylic acids is 1. The van der Waals surface area contributed by atoms with Gasteiger partial charge in [-0.25, -0.2) is 4.39 Å². The lowest BCUT2D eigenvalue weighted by Crippen LogP contribution is -2.14. The molecular formula is C17H18FNO3. The first kappa shape index (κ1) is 15.8. The van der Waals surface area contributed by atoms with Crippen LogP contribution >= 0.6 is 0 Å². The molecule has 0 aromatic heterocycles. The fourth-order valence-corrected chi connectivity index (χ4v) is 2.19. The molecule has 0 atom stereocenters. The molecule has 0 fully saturated rings. The summed E-state index contributed by atoms with van der Waals surface area (Å²) in [5.74, 6) is 0.329. The zero-order valence-corrected chi connectivity index (χ0v) is 12.8. The Morgan fingerprint density at radius 2 is 1.82 bits per heavy atom. The van der Waals surface area contributed by atoms with Crippen LogP contribution in [-0.4, -0.2) is 20.1 Å². The number of hydrogen-bond donors (Lipinski definition) is 1. The zero-order chi connectivity index (χ0) is 16.1. The summed E-state index contributed by atoms with van der Waals surface area (Å²) in [5.41, 5.74) is 1.71. The number of amides is 1. The average Bonchev–Trinajstić information content (AvgIpc) is 2.53. The molecule has 0 saturated heterocycles. The Kier molecular flexibility index (Phi) is 4.99. The maximum Gasteiger partial charge on any atom is 0.256 e. The van der Waals surface area contributed by atoms with Gasteiger partial charge in [0.1, 0.15) is 5.82 Å². The summed E-state index contributed by atoms with van der Waals surface area (Å²) >= 11 is 0. The van der Waals surface area contributed by atoms with Crippen molar-refractivity contribution in [1.82, 2.24) is 0 Å². The number of nitrogens with one attached hydrogen (secondary N) is 1. The second kappa shape index (κ2) is 6.93. The van der Waals surface area contributed by atoms with Gasteiger partial charge < -0.3 is 14.8 Å². The zero-order valence-electron chi connectivity index (χ0n) is 12.8. The molecule has 2 aromatic rings. The highest BCUT2D eigenvalue weighted by molar-refractivity contribution is 6.05. The second-order valence-corrected chi connectivity index (χ2v) is 4.68. The first-order valence-electron chi connectivity index (χ1n) is 6.90. The molecule has 0 aliphatic carbocycles. The largest absolute Gasteiger partial charge is 0.493 e. The molecule has 0 heterocycles. The summed E-state index contributed by atoms with van der Waals surface area (Å²) in [6.45, 7) is 1.94. The maximum atomic E-state index is 13.2. The Bertz CT molecular complexity index is 686. The monoisotopic (exact) mass is 303 g/mol. The van der Waals surface area contributed by atoms with Crippen molar-refractivity contribution >= 4 is 11.6 Å². The van der Waals surface area contributed by atoms with E-state index in [1.165, 1.54) is 19.2 Å². The van der Waals surface area contributed by atoms with Gasteiger partial charge >= 0.3 is 0 Å². The predicted molar refractivity (Wildman–Crippen MR) is 83.3 cm³/mol. The van der Waals surface area contributed by atoms with Crippen molar-refractivity contribution < 1.29 is 18.7 Å². The third-order valence-electron chi connectivity index (χ3n) is 3.32. The summed E-state index contributed by atoms with van der Waals surface area (Å²) in [6, 6.07) is 9.17. The molecule has 0 aliphatic rings. The van der Waals surface area contributed by atoms with Gasteiger partial charge in [-0.15, -0.1) is 0 Å². The molecule has 22 heavy (non-hydrogen) atoms. The summed E-state index contributed by atoms with van der Waals surface area (Å²) < 4.78 is 23.7. The van der Waals surface area contributed by atoms with Gasteiger partial charge in [-0.05, 0) is 42.3 Å². The molecule has 0 aliphatic heterocycles. The van der Waals surface area contributed by atoms with Crippen LogP contribution in [0, 0.1) is 5.82 Å². The fraction of sp³-hybridized carbons (Fsp3) is 0.235. The Balaban J connectivity index is 2.36. The van der Waals surface area contributed by atoms with Gasteiger partial charge in [0, 0.05) is 11.3 Å². The third-order valence-corrected chi connectivity index (χ3v) is 3.32. The van der Waals surface area contributed by atoms with E-state index in [9.17, 15) is 9.18 Å². The molecule has 0 bridgehead atoms. The lowest BCUT2D eigenvalue weighted by Gasteiger charge is -2.14. The number of benzene rings is 2. The number of anilines is 1. The number of rotatable bonds is 5. The Hall–Kier alpha value is -2.56. The SMILES string of the molecule is CCc1cc(OC)c(OC)cc1C(=O)Nc1cccc(F)c1. The predicted octanol–water partition coefficient (Wildman–Crippen LogP) is 3.66. The number of aryl methyl sites for hydroxylation is 1. The van der Waals surface area contributed by atoms with Gasteiger partial charge in [-0.3, -0.25) is 4.79 Å². The molecule has 4 nitrogen and oxygen atoms in total. The lowest BCUT2D eigenvalue weighted by atomic mass is 10.0. The number of ether oxygens (including phenoxy) is 2. The van der Waals surface area contributed by atoms with E-state index in [4.69, 9.17) is 9.47 Å². The van der Waals surface area contributed by atoms with E-state index in [0.29, 0.717) is 29.2 Å². The Morgan fingerprint density at radius 3 is 2.41 bits per heavy atom. The summed E-state index contributed by atoms with van der Waals surface area (Å²) in [5, 5.41) is 2.69. The van der Waals surface area contributed by atoms with Crippen LogP contribution in [0.3, 0.4) is 0 Å². The lowest BCUT2D eigenvalue weighted by molar-refractivity contribution is 0.102. The Labute approximate surface area is 128 Å². The van der Waals surface area contributed by atoms with E-state index in [0.717, 1.165) is 5.56 Å². The molecule has 0 radical (unpaired) electrons. The smallest absolute Gasteiger partial charge is 0.256 e. The molecule has 1 N–H and O–H groups in total. The molecule has 0 saturated carbocycles. The Morgan fingerprint density at radius 1 is 1.14 bits per heavy atom. The van der Waals surface area contributed by atoms with Crippen LogP contribution in [0.25, 0.3) is 0 Å². The fourth-order valence-electron chi connectivity index (χ4n) is 2.19. The van der Waals surface area contributed by atoms with Crippen molar-refractivity contribution in [1.29, 1.82) is 0 Å². The third kappa shape index (κ3) is 3.36. The second-order valence-electron chi connectivity index (χ2n) is 4.68. The van der Waals surface area contributed by atoms with Crippen molar-refractivity contribution in [2.45, 2.75) is 13.3 Å². The van der Waals surface area contributed by atoms with Crippen LogP contribution in [-0.2, 0) is 6.42 Å². The van der Waals surface area contributed by atoms with Gasteiger partial charge in [0.05, 0.1) is 14.2 Å². The van der Waals surface area contributed by atoms with Crippen LogP contribution in [0.2, 0.25) is 0 Å². The van der Waals surface area contributed by atoms with E-state index >= 15 is 0 Å². The first-order valence-corrected chi connectivity index (χ1v) is 6.90. The molecule has 116 valence electrons. The standard InChI is InChI=1S/C17H18FNO3/c1-4-11-8-15(21-2)16(22-3)10-14(11)17(20)19-13-7-5-6-12(18)9-13/h5-10H,4H2,1-3H3,(H,19,20). The van der Waals surface area contributed by atoms with Gasteiger partial charge in [-0.1, -0.05) is 13.0 Å². The van der Waals surface area contributed by atoms with Crippen LogP contribution < -0.4 is 14.8 Å². The minimum absolute atomic E-state index is 0.316. The van der Waals surface area contributed by atoms with Crippen molar-refractivity contribution in [2.75, 3.05) is 19.5 Å². The van der Waals surface area contributed by atoms with Gasteiger partial charge in [0.25, 0.3) is 5.91 Å². The number of halogens is 1. The van der Waals surface area contributed by atoms with Crippen molar-refractivity contribution in [3.63, 3.8) is 0 Å². The van der Waals surface area contributed by atoms with Crippen molar-refractivity contribution in [3.8, 4) is 11.5 Å². The highest BCUT2D eigenvalue weighted by Crippen LogP contribution is 2.31. The highest BCUT2D eigenvalue weighted by atomic mass is 19.1. The summed E-state index contributed by atoms with van der Waals surface area (Å²) in [7, 11) is 3.06. The molecular weight excluding hydrogens is 285 g/mol. The van der Waals surface area contributed by atoms with Crippen molar-refractivity contribution in [2.24, 2.45) is 0 Å². The van der Waals surface area contributed by atoms with E-state index in [1.807, 2.05) is 6.92 Å². The molecule has 5 heteroatoms. The topological polar surface area (TPSA) is 47.6 Å². The van der Waals surface area contributed by atoms with E-state index in [-0.39, 0.29) is 5.91 Å². The van der Waals surface area contributed by atoms with E-state index in [1.54, 1.807) is 31.4 Å². The van der Waals surface area contributed by atoms with E-state index < -0.39 is 5.82 Å². The number of hydrogen-bond acceptors (Lipinski definition) is 3. The number of carbonyl (C=O) groups is 1.